The molecule has 0 aliphatic heterocycles. The van der Waals surface area contributed by atoms with Crippen LogP contribution >= 0.6 is 0 Å². The van der Waals surface area contributed by atoms with Crippen molar-refractivity contribution in [2.45, 2.75) is 57.0 Å². The summed E-state index contributed by atoms with van der Waals surface area (Å²) in [5, 5.41) is 19.2. The smallest absolute Gasteiger partial charge is 0.0778 e. The van der Waals surface area contributed by atoms with Gasteiger partial charge in [0.1, 0.15) is 0 Å². The Morgan fingerprint density at radius 3 is 2.07 bits per heavy atom. The quantitative estimate of drug-likeness (QED) is 0.563. The third-order valence-electron chi connectivity index (χ3n) is 3.93. The van der Waals surface area contributed by atoms with Crippen molar-refractivity contribution in [1.29, 1.82) is 0 Å². The summed E-state index contributed by atoms with van der Waals surface area (Å²) >= 11 is 0. The Balaban J connectivity index is 4.97. The van der Waals surface area contributed by atoms with Crippen LogP contribution in [0.3, 0.4) is 0 Å². The number of rotatable bonds is 5. The molecule has 0 aromatic carbocycles. The zero-order chi connectivity index (χ0) is 12.3. The van der Waals surface area contributed by atoms with Crippen LogP contribution in [0.2, 0.25) is 23.7 Å². The lowest BCUT2D eigenvalue weighted by molar-refractivity contribution is 0.0864. The summed E-state index contributed by atoms with van der Waals surface area (Å²) in [4.78, 5) is 0. The fourth-order valence-corrected chi connectivity index (χ4v) is 4.73. The molecule has 0 bridgehead atoms. The lowest BCUT2D eigenvalue weighted by Crippen LogP contribution is -2.47. The molecule has 0 aromatic heterocycles. The van der Waals surface area contributed by atoms with Crippen LogP contribution in [0.1, 0.15) is 27.2 Å². The zero-order valence-corrected chi connectivity index (χ0v) is 11.7. The average Bonchev–Trinajstić information content (AvgIpc) is 2.10. The second kappa shape index (κ2) is 5.28. The van der Waals surface area contributed by atoms with E-state index in [2.05, 4.69) is 40.4 Å². The predicted molar refractivity (Wildman–Crippen MR) is 68.9 cm³/mol. The maximum atomic E-state index is 9.88. The predicted octanol–water partition coefficient (Wildman–Crippen LogP) is 2.79. The van der Waals surface area contributed by atoms with Gasteiger partial charge >= 0.3 is 0 Å². The van der Waals surface area contributed by atoms with E-state index in [1.165, 1.54) is 0 Å². The molecule has 90 valence electrons. The van der Waals surface area contributed by atoms with E-state index < -0.39 is 14.2 Å². The van der Waals surface area contributed by atoms with Gasteiger partial charge in [0.05, 0.1) is 20.8 Å². The highest BCUT2D eigenvalue weighted by atomic mass is 28.3. The minimum Gasteiger partial charge on any atom is -0.394 e. The maximum Gasteiger partial charge on any atom is 0.0778 e. The minimum atomic E-state index is -1.62. The SMILES string of the molecule is C=CC[C@@H]([C@@H](O)CO)[Si](C)(C)C(C)(C)C. The van der Waals surface area contributed by atoms with Gasteiger partial charge in [0, 0.05) is 0 Å². The Morgan fingerprint density at radius 2 is 1.80 bits per heavy atom. The van der Waals surface area contributed by atoms with Gasteiger partial charge in [-0.1, -0.05) is 39.9 Å². The van der Waals surface area contributed by atoms with E-state index in [9.17, 15) is 5.11 Å². The Hall–Kier alpha value is -0.123. The summed E-state index contributed by atoms with van der Waals surface area (Å²) in [5.41, 5.74) is 0.181. The largest absolute Gasteiger partial charge is 0.394 e. The summed E-state index contributed by atoms with van der Waals surface area (Å²) in [6, 6.07) is 0. The fourth-order valence-electron chi connectivity index (χ4n) is 1.80. The molecule has 0 amide bonds. The van der Waals surface area contributed by atoms with Crippen LogP contribution in [0.5, 0.6) is 0 Å². The van der Waals surface area contributed by atoms with Crippen LogP contribution in [-0.2, 0) is 0 Å². The number of aliphatic hydroxyl groups is 2. The third-order valence-corrected chi connectivity index (χ3v) is 10.3. The number of hydrogen-bond acceptors (Lipinski definition) is 2. The van der Waals surface area contributed by atoms with Crippen LogP contribution in [-0.4, -0.2) is 31.0 Å². The van der Waals surface area contributed by atoms with E-state index in [4.69, 9.17) is 5.11 Å². The molecule has 0 fully saturated rings. The summed E-state index contributed by atoms with van der Waals surface area (Å²) in [5.74, 6) is 0. The molecule has 0 aliphatic carbocycles. The Labute approximate surface area is 95.0 Å². The zero-order valence-electron chi connectivity index (χ0n) is 10.7. The molecule has 0 spiro atoms. The third kappa shape index (κ3) is 3.43. The molecule has 2 N–H and O–H groups in total. The maximum absolute atomic E-state index is 9.88. The van der Waals surface area contributed by atoms with E-state index in [0.717, 1.165) is 6.42 Å². The summed E-state index contributed by atoms with van der Waals surface area (Å²) in [6.45, 7) is 14.8. The first kappa shape index (κ1) is 14.9. The molecule has 0 aromatic rings. The second-order valence-electron chi connectivity index (χ2n) is 5.85. The van der Waals surface area contributed by atoms with Gasteiger partial charge in [0.15, 0.2) is 0 Å². The van der Waals surface area contributed by atoms with Gasteiger partial charge in [-0.25, -0.2) is 0 Å². The van der Waals surface area contributed by atoms with Crippen LogP contribution < -0.4 is 0 Å². The van der Waals surface area contributed by atoms with E-state index >= 15 is 0 Å². The van der Waals surface area contributed by atoms with Gasteiger partial charge in [0.25, 0.3) is 0 Å². The lowest BCUT2D eigenvalue weighted by atomic mass is 10.2. The van der Waals surface area contributed by atoms with Gasteiger partial charge in [-0.2, -0.15) is 0 Å². The van der Waals surface area contributed by atoms with E-state index in [1.807, 2.05) is 6.08 Å². The van der Waals surface area contributed by atoms with Gasteiger partial charge in [0.2, 0.25) is 0 Å². The van der Waals surface area contributed by atoms with E-state index in [0.29, 0.717) is 0 Å². The molecule has 0 heterocycles. The molecule has 0 saturated carbocycles. The highest BCUT2D eigenvalue weighted by Crippen LogP contribution is 2.46. The first-order valence-corrected chi connectivity index (χ1v) is 8.66. The number of hydrogen-bond donors (Lipinski definition) is 2. The van der Waals surface area contributed by atoms with Crippen LogP contribution in [0, 0.1) is 0 Å². The van der Waals surface area contributed by atoms with Gasteiger partial charge < -0.3 is 10.2 Å². The molecule has 0 aliphatic rings. The molecule has 15 heavy (non-hydrogen) atoms. The van der Waals surface area contributed by atoms with Gasteiger partial charge in [-0.15, -0.1) is 6.58 Å². The van der Waals surface area contributed by atoms with Crippen molar-refractivity contribution >= 4 is 8.07 Å². The number of allylic oxidation sites excluding steroid dienone is 1. The molecular formula is C12H26O2Si. The van der Waals surface area contributed by atoms with Crippen molar-refractivity contribution in [2.24, 2.45) is 0 Å². The summed E-state index contributed by atoms with van der Waals surface area (Å²) in [7, 11) is -1.62. The number of aliphatic hydroxyl groups excluding tert-OH is 2. The minimum absolute atomic E-state index is 0.148. The standard InChI is InChI=1S/C12H26O2Si/c1-7-8-11(10(14)9-13)15(5,6)12(2,3)4/h7,10-11,13-14H,1,8-9H2,2-6H3/t10-,11-/m0/s1. The van der Waals surface area contributed by atoms with Crippen molar-refractivity contribution in [3.8, 4) is 0 Å². The van der Waals surface area contributed by atoms with Crippen LogP contribution in [0.4, 0.5) is 0 Å². The molecule has 3 heteroatoms. The highest BCUT2D eigenvalue weighted by Gasteiger charge is 2.44. The average molecular weight is 230 g/mol. The van der Waals surface area contributed by atoms with Gasteiger partial charge in [-0.05, 0) is 17.0 Å². The molecule has 0 unspecified atom stereocenters. The molecule has 0 radical (unpaired) electrons. The van der Waals surface area contributed by atoms with Crippen molar-refractivity contribution < 1.29 is 10.2 Å². The van der Waals surface area contributed by atoms with Crippen LogP contribution in [0.25, 0.3) is 0 Å². The lowest BCUT2D eigenvalue weighted by Gasteiger charge is -2.44. The topological polar surface area (TPSA) is 40.5 Å². The van der Waals surface area contributed by atoms with Crippen LogP contribution in [0.15, 0.2) is 12.7 Å². The van der Waals surface area contributed by atoms with Crippen molar-refractivity contribution in [3.63, 3.8) is 0 Å². The Morgan fingerprint density at radius 1 is 1.33 bits per heavy atom. The Bertz CT molecular complexity index is 206. The van der Waals surface area contributed by atoms with E-state index in [-0.39, 0.29) is 17.2 Å². The molecule has 0 rings (SSSR count). The molecular weight excluding hydrogens is 204 g/mol. The molecule has 2 atom stereocenters. The molecule has 2 nitrogen and oxygen atoms in total. The van der Waals surface area contributed by atoms with Crippen molar-refractivity contribution in [3.05, 3.63) is 12.7 Å². The van der Waals surface area contributed by atoms with Crippen molar-refractivity contribution in [2.75, 3.05) is 6.61 Å². The highest BCUT2D eigenvalue weighted by molar-refractivity contribution is 6.81. The van der Waals surface area contributed by atoms with Crippen molar-refractivity contribution in [1.82, 2.24) is 0 Å². The fraction of sp³-hybridized carbons (Fsp3) is 0.833. The molecule has 0 saturated heterocycles. The normalized spacial score (nSPS) is 17.3. The van der Waals surface area contributed by atoms with E-state index in [1.54, 1.807) is 0 Å². The summed E-state index contributed by atoms with van der Waals surface area (Å²) in [6.07, 6.45) is 2.03. The van der Waals surface area contributed by atoms with Gasteiger partial charge in [-0.3, -0.25) is 0 Å². The second-order valence-corrected chi connectivity index (χ2v) is 11.5. The monoisotopic (exact) mass is 230 g/mol. The first-order chi connectivity index (χ1) is 6.68. The summed E-state index contributed by atoms with van der Waals surface area (Å²) < 4.78 is 0. The Kier molecular flexibility index (Phi) is 5.24. The first-order valence-electron chi connectivity index (χ1n) is 5.58.